The largest absolute Gasteiger partial charge is 0.472 e. The van der Waals surface area contributed by atoms with Crippen molar-refractivity contribution in [3.05, 3.63) is 85.1 Å². The predicted molar refractivity (Wildman–Crippen MR) is 226 cm³/mol. The molecule has 0 spiro atoms. The highest BCUT2D eigenvalue weighted by Crippen LogP contribution is 2.43. The third-order valence-corrected chi connectivity index (χ3v) is 9.40. The summed E-state index contributed by atoms with van der Waals surface area (Å²) >= 11 is 0. The first kappa shape index (κ1) is 50.7. The minimum absolute atomic E-state index is 0.0667. The van der Waals surface area contributed by atoms with Crippen LogP contribution in [0.4, 0.5) is 0 Å². The Kier molecular flexibility index (Phi) is 37.7. The van der Waals surface area contributed by atoms with E-state index in [0.717, 1.165) is 83.5 Å². The molecule has 0 rings (SSSR count). The van der Waals surface area contributed by atoms with Crippen LogP contribution in [0, 0.1) is 0 Å². The molecule has 0 fully saturated rings. The van der Waals surface area contributed by atoms with Gasteiger partial charge in [0, 0.05) is 13.0 Å². The number of rotatable bonds is 37. The minimum atomic E-state index is -4.35. The van der Waals surface area contributed by atoms with Gasteiger partial charge in [-0.25, -0.2) is 4.57 Å². The summed E-state index contributed by atoms with van der Waals surface area (Å²) in [5, 5.41) is 13.6. The van der Waals surface area contributed by atoms with Crippen LogP contribution in [-0.4, -0.2) is 47.8 Å². The molecule has 0 aliphatic rings. The van der Waals surface area contributed by atoms with Gasteiger partial charge in [0.25, 0.3) is 0 Å². The van der Waals surface area contributed by atoms with Crippen LogP contribution in [0.15, 0.2) is 85.1 Å². The summed E-state index contributed by atoms with van der Waals surface area (Å²) in [6, 6.07) is -0.889. The topological polar surface area (TPSA) is 131 Å². The van der Waals surface area contributed by atoms with Gasteiger partial charge in [-0.2, -0.15) is 0 Å². The number of aliphatic hydroxyl groups excluding tert-OH is 1. The van der Waals surface area contributed by atoms with Crippen molar-refractivity contribution in [2.75, 3.05) is 19.8 Å². The van der Waals surface area contributed by atoms with Crippen LogP contribution in [0.25, 0.3) is 0 Å². The Bertz CT molecular complexity index is 1100. The lowest BCUT2D eigenvalue weighted by Gasteiger charge is -2.23. The number of phosphoric ester groups is 1. The zero-order valence-corrected chi connectivity index (χ0v) is 34.4. The van der Waals surface area contributed by atoms with Gasteiger partial charge in [-0.3, -0.25) is 13.8 Å². The van der Waals surface area contributed by atoms with Crippen LogP contribution >= 0.6 is 7.82 Å². The van der Waals surface area contributed by atoms with Crippen molar-refractivity contribution in [3.63, 3.8) is 0 Å². The van der Waals surface area contributed by atoms with E-state index in [-0.39, 0.29) is 25.7 Å². The Labute approximate surface area is 324 Å². The molecule has 0 saturated carbocycles. The van der Waals surface area contributed by atoms with E-state index in [2.05, 4.69) is 92.1 Å². The lowest BCUT2D eigenvalue weighted by atomic mass is 10.0. The maximum absolute atomic E-state index is 12.7. The zero-order chi connectivity index (χ0) is 38.9. The summed E-state index contributed by atoms with van der Waals surface area (Å²) in [6.45, 7) is 3.89. The second-order valence-electron chi connectivity index (χ2n) is 13.4. The number of nitrogens with one attached hydrogen (secondary N) is 1. The Morgan fingerprint density at radius 3 is 1.66 bits per heavy atom. The Hall–Kier alpha value is -2.32. The second kappa shape index (κ2) is 39.4. The number of aliphatic hydroxyl groups is 1. The summed E-state index contributed by atoms with van der Waals surface area (Å²) in [5.74, 6) is -0.220. The SMILES string of the molecule is CC/C=C\C/C=C\C/C=C\C/C=C\CCCCCCCCCCCCC(=O)NC(COP(=O)(O)OCCN)C(O)/C=C/CC/C=C/CC/C=C/CCC. The van der Waals surface area contributed by atoms with Gasteiger partial charge in [-0.1, -0.05) is 157 Å². The first-order chi connectivity index (χ1) is 25.9. The average Bonchev–Trinajstić information content (AvgIpc) is 3.14. The van der Waals surface area contributed by atoms with E-state index >= 15 is 0 Å². The van der Waals surface area contributed by atoms with E-state index in [9.17, 15) is 19.4 Å². The fraction of sp³-hybridized carbons (Fsp3) is 0.659. The van der Waals surface area contributed by atoms with Gasteiger partial charge in [0.05, 0.1) is 25.4 Å². The van der Waals surface area contributed by atoms with Crippen LogP contribution in [0.5, 0.6) is 0 Å². The smallest absolute Gasteiger partial charge is 0.387 e. The number of hydrogen-bond acceptors (Lipinski definition) is 6. The minimum Gasteiger partial charge on any atom is -0.387 e. The van der Waals surface area contributed by atoms with E-state index in [1.165, 1.54) is 51.4 Å². The van der Waals surface area contributed by atoms with Gasteiger partial charge in [-0.05, 0) is 77.0 Å². The van der Waals surface area contributed by atoms with Gasteiger partial charge in [0.1, 0.15) is 0 Å². The number of carbonyl (C=O) groups is 1. The first-order valence-electron chi connectivity index (χ1n) is 20.7. The fourth-order valence-corrected chi connectivity index (χ4v) is 6.10. The van der Waals surface area contributed by atoms with Crippen molar-refractivity contribution in [1.82, 2.24) is 5.32 Å². The number of phosphoric acid groups is 1. The van der Waals surface area contributed by atoms with Gasteiger partial charge < -0.3 is 21.1 Å². The molecule has 1 amide bonds. The van der Waals surface area contributed by atoms with Crippen LogP contribution < -0.4 is 11.1 Å². The molecule has 0 heterocycles. The number of hydrogen-bond donors (Lipinski definition) is 4. The second-order valence-corrected chi connectivity index (χ2v) is 14.9. The molecule has 0 bridgehead atoms. The molecule has 0 radical (unpaired) electrons. The highest BCUT2D eigenvalue weighted by Gasteiger charge is 2.26. The molecule has 0 aromatic carbocycles. The Balaban J connectivity index is 4.19. The van der Waals surface area contributed by atoms with Crippen LogP contribution in [0.2, 0.25) is 0 Å². The summed E-state index contributed by atoms with van der Waals surface area (Å²) in [6.07, 6.45) is 52.1. The quantitative estimate of drug-likeness (QED) is 0.0282. The number of allylic oxidation sites excluding steroid dienone is 13. The van der Waals surface area contributed by atoms with Crippen LogP contribution in [0.1, 0.15) is 155 Å². The number of amides is 1. The number of unbranched alkanes of at least 4 members (excludes halogenated alkanes) is 13. The molecular weight excluding hydrogens is 683 g/mol. The van der Waals surface area contributed by atoms with Crippen molar-refractivity contribution >= 4 is 13.7 Å². The van der Waals surface area contributed by atoms with Crippen molar-refractivity contribution in [2.24, 2.45) is 5.73 Å². The van der Waals surface area contributed by atoms with E-state index in [0.29, 0.717) is 6.42 Å². The summed E-state index contributed by atoms with van der Waals surface area (Å²) in [5.41, 5.74) is 5.36. The van der Waals surface area contributed by atoms with Gasteiger partial charge >= 0.3 is 7.82 Å². The molecule has 0 aromatic rings. The van der Waals surface area contributed by atoms with Crippen molar-refractivity contribution in [2.45, 2.75) is 167 Å². The van der Waals surface area contributed by atoms with Gasteiger partial charge in [0.2, 0.25) is 5.91 Å². The molecule has 0 aliphatic heterocycles. The molecule has 0 saturated heterocycles. The molecule has 3 atom stereocenters. The standard InChI is InChI=1S/C44H77N2O6P/c1-3-5-7-9-11-13-15-16-17-18-19-20-21-22-23-24-25-26-28-30-32-34-36-38-44(48)46-42(41-52-53(49,50)51-40-39-45)43(47)37-35-33-31-29-27-14-12-10-8-6-4-2/h5,7-8,10-11,13,16-17,19-20,27,29,35,37,42-43,47H,3-4,6,9,12,14-15,18,21-26,28,30-34,36,38-41,45H2,1-2H3,(H,46,48)(H,49,50)/b7-5-,10-8+,13-11-,17-16-,20-19-,29-27+,37-35+. The van der Waals surface area contributed by atoms with E-state index in [1.54, 1.807) is 6.08 Å². The molecule has 3 unspecified atom stereocenters. The Morgan fingerprint density at radius 2 is 1.11 bits per heavy atom. The molecule has 0 aliphatic carbocycles. The molecule has 304 valence electrons. The highest BCUT2D eigenvalue weighted by atomic mass is 31.2. The predicted octanol–water partition coefficient (Wildman–Crippen LogP) is 11.4. The molecule has 9 heteroatoms. The van der Waals surface area contributed by atoms with Gasteiger partial charge in [-0.15, -0.1) is 0 Å². The average molecular weight is 761 g/mol. The van der Waals surface area contributed by atoms with Crippen LogP contribution in [-0.2, 0) is 18.4 Å². The van der Waals surface area contributed by atoms with E-state index in [1.807, 2.05) is 6.08 Å². The van der Waals surface area contributed by atoms with E-state index < -0.39 is 20.0 Å². The third-order valence-electron chi connectivity index (χ3n) is 8.41. The van der Waals surface area contributed by atoms with Crippen molar-refractivity contribution < 1.29 is 28.4 Å². The number of carbonyl (C=O) groups excluding carboxylic acids is 1. The normalized spacial score (nSPS) is 15.0. The molecule has 5 N–H and O–H groups in total. The van der Waals surface area contributed by atoms with Gasteiger partial charge in [0.15, 0.2) is 0 Å². The molecule has 53 heavy (non-hydrogen) atoms. The van der Waals surface area contributed by atoms with E-state index in [4.69, 9.17) is 14.8 Å². The summed E-state index contributed by atoms with van der Waals surface area (Å²) in [4.78, 5) is 22.6. The maximum atomic E-state index is 12.7. The van der Waals surface area contributed by atoms with Crippen LogP contribution in [0.3, 0.4) is 0 Å². The maximum Gasteiger partial charge on any atom is 0.472 e. The summed E-state index contributed by atoms with van der Waals surface area (Å²) in [7, 11) is -4.35. The van der Waals surface area contributed by atoms with Crippen molar-refractivity contribution in [3.8, 4) is 0 Å². The highest BCUT2D eigenvalue weighted by molar-refractivity contribution is 7.47. The molecule has 0 aromatic heterocycles. The fourth-order valence-electron chi connectivity index (χ4n) is 5.34. The zero-order valence-electron chi connectivity index (χ0n) is 33.5. The molecule has 8 nitrogen and oxygen atoms in total. The molecular formula is C44H77N2O6P. The lowest BCUT2D eigenvalue weighted by molar-refractivity contribution is -0.123. The van der Waals surface area contributed by atoms with Crippen molar-refractivity contribution in [1.29, 1.82) is 0 Å². The number of nitrogens with two attached hydrogens (primary N) is 1. The Morgan fingerprint density at radius 1 is 0.642 bits per heavy atom. The monoisotopic (exact) mass is 761 g/mol. The lowest BCUT2D eigenvalue weighted by Crippen LogP contribution is -2.45. The third kappa shape index (κ3) is 37.8. The summed E-state index contributed by atoms with van der Waals surface area (Å²) < 4.78 is 22.0. The first-order valence-corrected chi connectivity index (χ1v) is 22.2.